The van der Waals surface area contributed by atoms with Crippen molar-refractivity contribution in [2.75, 3.05) is 12.5 Å². The first-order chi connectivity index (χ1) is 10.8. The molecule has 3 nitrogen and oxygen atoms in total. The average molecular weight is 335 g/mol. The Labute approximate surface area is 142 Å². The molecule has 2 N–H and O–H groups in total. The van der Waals surface area contributed by atoms with E-state index in [0.29, 0.717) is 11.5 Å². The topological polar surface area (TPSA) is 49.7 Å². The predicted octanol–water partition coefficient (Wildman–Crippen LogP) is 4.01. The van der Waals surface area contributed by atoms with Crippen LogP contribution >= 0.6 is 11.6 Å². The zero-order valence-electron chi connectivity index (χ0n) is 13.7. The first-order valence-corrected chi connectivity index (χ1v) is 8.15. The molecule has 2 rings (SSSR count). The molecule has 0 aliphatic carbocycles. The fourth-order valence-electron chi connectivity index (χ4n) is 2.42. The average Bonchev–Trinajstić information content (AvgIpc) is 2.55. The highest BCUT2D eigenvalue weighted by Crippen LogP contribution is 2.34. The molecule has 4 heteroatoms. The van der Waals surface area contributed by atoms with Crippen molar-refractivity contribution < 1.29 is 14.9 Å². The Bertz CT molecular complexity index is 650. The smallest absolute Gasteiger partial charge is 0.119 e. The van der Waals surface area contributed by atoms with E-state index in [9.17, 15) is 10.2 Å². The van der Waals surface area contributed by atoms with Gasteiger partial charge in [-0.3, -0.25) is 0 Å². The summed E-state index contributed by atoms with van der Waals surface area (Å²) in [7, 11) is 0. The summed E-state index contributed by atoms with van der Waals surface area (Å²) in [6.45, 7) is 6.37. The largest absolute Gasteiger partial charge is 0.508 e. The maximum absolute atomic E-state index is 9.69. The number of phenolic OH excluding ortho intramolecular Hbond substituents is 1. The van der Waals surface area contributed by atoms with Crippen LogP contribution in [-0.2, 0) is 5.41 Å². The molecule has 0 saturated carbocycles. The maximum atomic E-state index is 9.69. The molecule has 0 fully saturated rings. The minimum Gasteiger partial charge on any atom is -0.508 e. The normalized spacial score (nSPS) is 12.9. The van der Waals surface area contributed by atoms with Gasteiger partial charge in [-0.2, -0.15) is 0 Å². The van der Waals surface area contributed by atoms with Gasteiger partial charge >= 0.3 is 0 Å². The number of aliphatic hydroxyl groups excluding tert-OH is 1. The summed E-state index contributed by atoms with van der Waals surface area (Å²) in [6.07, 6.45) is -0.659. The fourth-order valence-corrected chi connectivity index (χ4v) is 2.50. The van der Waals surface area contributed by atoms with Crippen molar-refractivity contribution in [2.45, 2.75) is 32.3 Å². The van der Waals surface area contributed by atoms with Crippen molar-refractivity contribution in [3.8, 4) is 11.5 Å². The first-order valence-electron chi connectivity index (χ1n) is 7.62. The highest BCUT2D eigenvalue weighted by molar-refractivity contribution is 6.18. The third-order valence-corrected chi connectivity index (χ3v) is 4.47. The molecule has 0 spiro atoms. The van der Waals surface area contributed by atoms with Crippen LogP contribution in [0.2, 0.25) is 0 Å². The maximum Gasteiger partial charge on any atom is 0.119 e. The monoisotopic (exact) mass is 334 g/mol. The van der Waals surface area contributed by atoms with Crippen LogP contribution < -0.4 is 4.74 Å². The summed E-state index contributed by atoms with van der Waals surface area (Å²) in [6, 6.07) is 13.5. The van der Waals surface area contributed by atoms with E-state index < -0.39 is 6.10 Å². The van der Waals surface area contributed by atoms with Gasteiger partial charge in [0.05, 0.1) is 5.88 Å². The molecular formula is C19H23ClO3. The molecule has 1 atom stereocenters. The van der Waals surface area contributed by atoms with Crippen LogP contribution in [0.5, 0.6) is 11.5 Å². The summed E-state index contributed by atoms with van der Waals surface area (Å²) in [5, 5.41) is 19.1. The molecule has 124 valence electrons. The molecule has 2 aromatic rings. The molecule has 0 saturated heterocycles. The number of rotatable bonds is 6. The van der Waals surface area contributed by atoms with Gasteiger partial charge in [-0.05, 0) is 41.8 Å². The van der Waals surface area contributed by atoms with E-state index in [2.05, 4.69) is 13.8 Å². The number of alkyl halides is 1. The van der Waals surface area contributed by atoms with Gasteiger partial charge in [-0.25, -0.2) is 0 Å². The number of phenols is 1. The standard InChI is InChI=1S/C19H23ClO3/c1-13-10-15(6-9-18(13)22)19(2,3)14-4-7-17(8-5-14)23-12-16(21)11-20/h4-10,16,21-22H,11-12H2,1-3H3. The summed E-state index contributed by atoms with van der Waals surface area (Å²) in [4.78, 5) is 0. The third kappa shape index (κ3) is 4.18. The van der Waals surface area contributed by atoms with E-state index in [4.69, 9.17) is 16.3 Å². The van der Waals surface area contributed by atoms with Crippen LogP contribution in [0.15, 0.2) is 42.5 Å². The Balaban J connectivity index is 2.18. The molecular weight excluding hydrogens is 312 g/mol. The van der Waals surface area contributed by atoms with Gasteiger partial charge < -0.3 is 14.9 Å². The van der Waals surface area contributed by atoms with Crippen LogP contribution in [-0.4, -0.2) is 28.8 Å². The summed E-state index contributed by atoms with van der Waals surface area (Å²) in [5.41, 5.74) is 2.96. The highest BCUT2D eigenvalue weighted by atomic mass is 35.5. The Hall–Kier alpha value is -1.71. The molecule has 0 aliphatic rings. The number of hydrogen-bond donors (Lipinski definition) is 2. The number of aliphatic hydroxyl groups is 1. The Morgan fingerprint density at radius 1 is 1.09 bits per heavy atom. The molecule has 1 unspecified atom stereocenters. The summed E-state index contributed by atoms with van der Waals surface area (Å²) < 4.78 is 5.50. The Kier molecular flexibility index (Phi) is 5.55. The van der Waals surface area contributed by atoms with E-state index in [-0.39, 0.29) is 17.9 Å². The van der Waals surface area contributed by atoms with Gasteiger partial charge in [0.1, 0.15) is 24.2 Å². The number of aryl methyl sites for hydroxylation is 1. The molecule has 0 heterocycles. The number of benzene rings is 2. The van der Waals surface area contributed by atoms with Gasteiger partial charge in [-0.15, -0.1) is 11.6 Å². The fraction of sp³-hybridized carbons (Fsp3) is 0.368. The molecule has 0 radical (unpaired) electrons. The Morgan fingerprint density at radius 3 is 2.26 bits per heavy atom. The van der Waals surface area contributed by atoms with Gasteiger partial charge in [0.15, 0.2) is 0 Å². The zero-order chi connectivity index (χ0) is 17.0. The number of hydrogen-bond acceptors (Lipinski definition) is 3. The zero-order valence-corrected chi connectivity index (χ0v) is 14.5. The summed E-state index contributed by atoms with van der Waals surface area (Å²) >= 11 is 5.55. The lowest BCUT2D eigenvalue weighted by Crippen LogP contribution is -2.20. The number of aromatic hydroxyl groups is 1. The predicted molar refractivity (Wildman–Crippen MR) is 93.6 cm³/mol. The minimum atomic E-state index is -0.659. The second-order valence-corrected chi connectivity index (χ2v) is 6.58. The third-order valence-electron chi connectivity index (χ3n) is 4.11. The van der Waals surface area contributed by atoms with E-state index >= 15 is 0 Å². The molecule has 0 aliphatic heterocycles. The lowest BCUT2D eigenvalue weighted by molar-refractivity contribution is 0.125. The van der Waals surface area contributed by atoms with E-state index in [0.717, 1.165) is 16.7 Å². The van der Waals surface area contributed by atoms with Gasteiger partial charge in [0.25, 0.3) is 0 Å². The Morgan fingerprint density at radius 2 is 1.70 bits per heavy atom. The molecule has 23 heavy (non-hydrogen) atoms. The van der Waals surface area contributed by atoms with Crippen molar-refractivity contribution in [1.29, 1.82) is 0 Å². The quantitative estimate of drug-likeness (QED) is 0.785. The van der Waals surface area contributed by atoms with Crippen LogP contribution in [0, 0.1) is 6.92 Å². The van der Waals surface area contributed by atoms with E-state index in [1.165, 1.54) is 0 Å². The SMILES string of the molecule is Cc1cc(C(C)(C)c2ccc(OCC(O)CCl)cc2)ccc1O. The van der Waals surface area contributed by atoms with E-state index in [1.807, 2.05) is 43.3 Å². The van der Waals surface area contributed by atoms with Crippen molar-refractivity contribution in [3.05, 3.63) is 59.2 Å². The van der Waals surface area contributed by atoms with Gasteiger partial charge in [-0.1, -0.05) is 38.1 Å². The number of ether oxygens (including phenoxy) is 1. The van der Waals surface area contributed by atoms with Crippen molar-refractivity contribution >= 4 is 11.6 Å². The van der Waals surface area contributed by atoms with Crippen LogP contribution in [0.1, 0.15) is 30.5 Å². The lowest BCUT2D eigenvalue weighted by Gasteiger charge is -2.27. The second kappa shape index (κ2) is 7.24. The minimum absolute atomic E-state index is 0.158. The van der Waals surface area contributed by atoms with E-state index in [1.54, 1.807) is 6.07 Å². The molecule has 2 aromatic carbocycles. The molecule has 0 bridgehead atoms. The second-order valence-electron chi connectivity index (χ2n) is 6.27. The first kappa shape index (κ1) is 17.6. The lowest BCUT2D eigenvalue weighted by atomic mass is 9.77. The van der Waals surface area contributed by atoms with Crippen LogP contribution in [0.4, 0.5) is 0 Å². The summed E-state index contributed by atoms with van der Waals surface area (Å²) in [5.74, 6) is 1.17. The highest BCUT2D eigenvalue weighted by Gasteiger charge is 2.23. The van der Waals surface area contributed by atoms with Crippen molar-refractivity contribution in [2.24, 2.45) is 0 Å². The van der Waals surface area contributed by atoms with Gasteiger partial charge in [0.2, 0.25) is 0 Å². The van der Waals surface area contributed by atoms with Gasteiger partial charge in [0, 0.05) is 5.41 Å². The van der Waals surface area contributed by atoms with Crippen molar-refractivity contribution in [1.82, 2.24) is 0 Å². The number of halogens is 1. The van der Waals surface area contributed by atoms with Crippen LogP contribution in [0.3, 0.4) is 0 Å². The molecule has 0 amide bonds. The molecule has 0 aromatic heterocycles. The van der Waals surface area contributed by atoms with Crippen LogP contribution in [0.25, 0.3) is 0 Å². The van der Waals surface area contributed by atoms with Crippen molar-refractivity contribution in [3.63, 3.8) is 0 Å².